The number of hydrogen-bond acceptors (Lipinski definition) is 4. The van der Waals surface area contributed by atoms with E-state index in [1.54, 1.807) is 6.92 Å². The van der Waals surface area contributed by atoms with Gasteiger partial charge in [-0.05, 0) is 42.0 Å². The van der Waals surface area contributed by atoms with E-state index >= 15 is 0 Å². The molecule has 2 aliphatic carbocycles. The van der Waals surface area contributed by atoms with Crippen LogP contribution in [-0.4, -0.2) is 42.3 Å². The highest BCUT2D eigenvalue weighted by molar-refractivity contribution is 5.85. The molecule has 3 unspecified atom stereocenters. The van der Waals surface area contributed by atoms with E-state index in [9.17, 15) is 14.4 Å². The van der Waals surface area contributed by atoms with Crippen LogP contribution in [0.3, 0.4) is 0 Å². The number of rotatable bonds is 7. The number of alkyl carbamates (subject to hydrolysis) is 1. The van der Waals surface area contributed by atoms with Gasteiger partial charge in [0.1, 0.15) is 6.61 Å². The number of amides is 2. The minimum absolute atomic E-state index is 0.0288. The molecule has 3 atom stereocenters. The Bertz CT molecular complexity index is 1020. The van der Waals surface area contributed by atoms with E-state index in [0.29, 0.717) is 12.8 Å². The van der Waals surface area contributed by atoms with Crippen LogP contribution in [0, 0.1) is 11.3 Å². The van der Waals surface area contributed by atoms with E-state index in [-0.39, 0.29) is 31.0 Å². The molecule has 33 heavy (non-hydrogen) atoms. The van der Waals surface area contributed by atoms with Gasteiger partial charge in [0, 0.05) is 18.5 Å². The second-order valence-electron chi connectivity index (χ2n) is 9.28. The van der Waals surface area contributed by atoms with Crippen LogP contribution < -0.4 is 10.6 Å². The normalized spacial score (nSPS) is 22.2. The molecule has 0 heterocycles. The predicted molar refractivity (Wildman–Crippen MR) is 124 cm³/mol. The molecular weight excluding hydrogens is 420 g/mol. The van der Waals surface area contributed by atoms with Gasteiger partial charge in [0.2, 0.25) is 5.91 Å². The van der Waals surface area contributed by atoms with Crippen LogP contribution in [0.2, 0.25) is 0 Å². The Hall–Kier alpha value is -3.35. The molecule has 7 heteroatoms. The zero-order chi connectivity index (χ0) is 23.6. The number of aliphatic carboxylic acids is 1. The summed E-state index contributed by atoms with van der Waals surface area (Å²) in [6, 6.07) is 15.9. The lowest BCUT2D eigenvalue weighted by Gasteiger charge is -2.31. The lowest BCUT2D eigenvalue weighted by atomic mass is 9.83. The summed E-state index contributed by atoms with van der Waals surface area (Å²) in [5.74, 6) is -1.90. The fraction of sp³-hybridized carbons (Fsp3) is 0.423. The molecule has 0 saturated heterocycles. The quantitative estimate of drug-likeness (QED) is 0.593. The number of carbonyl (C=O) groups is 3. The number of benzene rings is 2. The molecule has 0 spiro atoms. The maximum absolute atomic E-state index is 12.8. The molecule has 3 N–H and O–H groups in total. The van der Waals surface area contributed by atoms with Crippen molar-refractivity contribution in [3.63, 3.8) is 0 Å². The first-order valence-corrected chi connectivity index (χ1v) is 11.4. The minimum Gasteiger partial charge on any atom is -0.481 e. The summed E-state index contributed by atoms with van der Waals surface area (Å²) in [6.07, 6.45) is 1.55. The van der Waals surface area contributed by atoms with Crippen LogP contribution in [0.4, 0.5) is 4.79 Å². The number of carboxylic acids is 1. The van der Waals surface area contributed by atoms with Crippen LogP contribution in [0.5, 0.6) is 0 Å². The summed E-state index contributed by atoms with van der Waals surface area (Å²) in [6.45, 7) is 3.63. The predicted octanol–water partition coefficient (Wildman–Crippen LogP) is 3.92. The van der Waals surface area contributed by atoms with Crippen LogP contribution >= 0.6 is 0 Å². The summed E-state index contributed by atoms with van der Waals surface area (Å²) >= 11 is 0. The van der Waals surface area contributed by atoms with Crippen molar-refractivity contribution < 1.29 is 24.2 Å². The highest BCUT2D eigenvalue weighted by Gasteiger charge is 2.46. The van der Waals surface area contributed by atoms with Gasteiger partial charge in [-0.3, -0.25) is 9.59 Å². The fourth-order valence-corrected chi connectivity index (χ4v) is 4.99. The van der Waals surface area contributed by atoms with Crippen molar-refractivity contribution in [2.75, 3.05) is 13.2 Å². The largest absolute Gasteiger partial charge is 0.481 e. The first-order valence-electron chi connectivity index (χ1n) is 11.4. The number of ether oxygens (including phenoxy) is 1. The Balaban J connectivity index is 1.38. The van der Waals surface area contributed by atoms with Crippen molar-refractivity contribution in [1.82, 2.24) is 10.6 Å². The third-order valence-electron chi connectivity index (χ3n) is 7.10. The molecule has 1 fully saturated rings. The average Bonchev–Trinajstić information content (AvgIpc) is 3.34. The molecule has 0 aliphatic heterocycles. The smallest absolute Gasteiger partial charge is 0.407 e. The molecule has 0 radical (unpaired) electrons. The summed E-state index contributed by atoms with van der Waals surface area (Å²) in [4.78, 5) is 36.6. The number of carbonyl (C=O) groups excluding carboxylic acids is 2. The zero-order valence-electron chi connectivity index (χ0n) is 19.0. The van der Waals surface area contributed by atoms with Crippen LogP contribution in [0.25, 0.3) is 11.1 Å². The van der Waals surface area contributed by atoms with Gasteiger partial charge >= 0.3 is 12.1 Å². The van der Waals surface area contributed by atoms with Gasteiger partial charge < -0.3 is 20.5 Å². The molecule has 7 nitrogen and oxygen atoms in total. The second kappa shape index (κ2) is 9.25. The molecule has 4 rings (SSSR count). The zero-order valence-corrected chi connectivity index (χ0v) is 19.0. The molecule has 2 amide bonds. The van der Waals surface area contributed by atoms with Crippen molar-refractivity contribution in [1.29, 1.82) is 0 Å². The van der Waals surface area contributed by atoms with Gasteiger partial charge in [-0.1, -0.05) is 61.9 Å². The van der Waals surface area contributed by atoms with Crippen molar-refractivity contribution in [3.05, 3.63) is 59.7 Å². The van der Waals surface area contributed by atoms with Crippen molar-refractivity contribution in [3.8, 4) is 11.1 Å². The third kappa shape index (κ3) is 4.45. The van der Waals surface area contributed by atoms with E-state index in [0.717, 1.165) is 28.7 Å². The maximum atomic E-state index is 12.8. The van der Waals surface area contributed by atoms with Crippen molar-refractivity contribution in [2.45, 2.75) is 45.1 Å². The topological polar surface area (TPSA) is 105 Å². The highest BCUT2D eigenvalue weighted by Crippen LogP contribution is 2.44. The first-order chi connectivity index (χ1) is 15.8. The lowest BCUT2D eigenvalue weighted by Crippen LogP contribution is -2.52. The Morgan fingerprint density at radius 3 is 2.30 bits per heavy atom. The van der Waals surface area contributed by atoms with E-state index < -0.39 is 23.4 Å². The lowest BCUT2D eigenvalue weighted by molar-refractivity contribution is -0.141. The van der Waals surface area contributed by atoms with E-state index in [1.165, 1.54) is 0 Å². The SMILES string of the molecule is CC(CNC(=O)C1(C)CCCC1NC(=O)OCC1c2ccccc2-c2ccccc21)C(=O)O. The Kier molecular flexibility index (Phi) is 6.40. The minimum atomic E-state index is -0.958. The molecule has 174 valence electrons. The summed E-state index contributed by atoms with van der Waals surface area (Å²) < 4.78 is 5.64. The number of hydrogen-bond donors (Lipinski definition) is 3. The van der Waals surface area contributed by atoms with Gasteiger partial charge in [0.05, 0.1) is 11.3 Å². The fourth-order valence-electron chi connectivity index (χ4n) is 4.99. The van der Waals surface area contributed by atoms with E-state index in [1.807, 2.05) is 31.2 Å². The number of fused-ring (bicyclic) bond motifs is 3. The van der Waals surface area contributed by atoms with Gasteiger partial charge in [-0.2, -0.15) is 0 Å². The third-order valence-corrected chi connectivity index (χ3v) is 7.10. The average molecular weight is 451 g/mol. The molecular formula is C26H30N2O5. The molecule has 2 aromatic carbocycles. The molecule has 2 aliphatic rings. The van der Waals surface area contributed by atoms with Crippen LogP contribution in [0.1, 0.15) is 50.2 Å². The Morgan fingerprint density at radius 2 is 1.70 bits per heavy atom. The number of nitrogens with one attached hydrogen (secondary N) is 2. The second-order valence-corrected chi connectivity index (χ2v) is 9.28. The van der Waals surface area contributed by atoms with Crippen LogP contribution in [-0.2, 0) is 14.3 Å². The number of carboxylic acid groups (broad SMARTS) is 1. The monoisotopic (exact) mass is 450 g/mol. The molecule has 2 aromatic rings. The van der Waals surface area contributed by atoms with Crippen molar-refractivity contribution in [2.24, 2.45) is 11.3 Å². The van der Waals surface area contributed by atoms with Crippen molar-refractivity contribution >= 4 is 18.0 Å². The summed E-state index contributed by atoms with van der Waals surface area (Å²) in [7, 11) is 0. The van der Waals surface area contributed by atoms with Gasteiger partial charge in [-0.25, -0.2) is 4.79 Å². The van der Waals surface area contributed by atoms with Gasteiger partial charge in [0.25, 0.3) is 0 Å². The summed E-state index contributed by atoms with van der Waals surface area (Å²) in [5.41, 5.74) is 3.81. The Labute approximate surface area is 193 Å². The molecule has 1 saturated carbocycles. The Morgan fingerprint density at radius 1 is 1.09 bits per heavy atom. The summed E-state index contributed by atoms with van der Waals surface area (Å²) in [5, 5.41) is 14.7. The maximum Gasteiger partial charge on any atom is 0.407 e. The molecule has 0 bridgehead atoms. The van der Waals surface area contributed by atoms with Crippen LogP contribution in [0.15, 0.2) is 48.5 Å². The van der Waals surface area contributed by atoms with Gasteiger partial charge in [-0.15, -0.1) is 0 Å². The van der Waals surface area contributed by atoms with E-state index in [4.69, 9.17) is 9.84 Å². The van der Waals surface area contributed by atoms with Gasteiger partial charge in [0.15, 0.2) is 0 Å². The standard InChI is InChI=1S/C26H30N2O5/c1-16(23(29)30)14-27-24(31)26(2)13-7-12-22(26)28-25(32)33-15-21-19-10-5-3-8-17(19)18-9-4-6-11-20(18)21/h3-6,8-11,16,21-22H,7,12-15H2,1-2H3,(H,27,31)(H,28,32)(H,29,30). The van der Waals surface area contributed by atoms with E-state index in [2.05, 4.69) is 34.9 Å². The molecule has 0 aromatic heterocycles. The first kappa shape index (κ1) is 22.8. The highest BCUT2D eigenvalue weighted by atomic mass is 16.5.